The molecule has 0 saturated carbocycles. The van der Waals surface area contributed by atoms with Crippen molar-refractivity contribution in [1.29, 1.82) is 0 Å². The molecule has 0 aliphatic rings. The predicted octanol–water partition coefficient (Wildman–Crippen LogP) is 1.75. The molecule has 6 nitrogen and oxygen atoms in total. The maximum atomic E-state index is 11.9. The number of sulfonamides is 1. The molecule has 0 fully saturated rings. The molecular weight excluding hydrogens is 369 g/mol. The molecule has 3 N–H and O–H groups in total. The Labute approximate surface area is 133 Å². The Hall–Kier alpha value is -0.880. The second-order valence-electron chi connectivity index (χ2n) is 4.30. The van der Waals surface area contributed by atoms with E-state index >= 15 is 0 Å². The Morgan fingerprint density at radius 1 is 1.55 bits per heavy atom. The number of nitrogens with one attached hydrogen (secondary N) is 1. The maximum absolute atomic E-state index is 11.9. The van der Waals surface area contributed by atoms with Gasteiger partial charge in [0, 0.05) is 6.04 Å². The molecular formula is C10H12ClF3N2O4S2. The van der Waals surface area contributed by atoms with Gasteiger partial charge in [-0.25, -0.2) is 13.6 Å². The minimum atomic E-state index is -4.47. The van der Waals surface area contributed by atoms with Gasteiger partial charge in [0.25, 0.3) is 5.91 Å². The van der Waals surface area contributed by atoms with Crippen molar-refractivity contribution in [2.24, 2.45) is 5.14 Å². The zero-order valence-electron chi connectivity index (χ0n) is 11.1. The SMILES string of the molecule is C[C@H](COCC(F)(F)F)NC(=O)c1cc(Cl)sc1S(N)(=O)=O. The molecule has 0 radical (unpaired) electrons. The van der Waals surface area contributed by atoms with Gasteiger partial charge in [-0.1, -0.05) is 11.6 Å². The summed E-state index contributed by atoms with van der Waals surface area (Å²) in [6.45, 7) is -0.438. The molecule has 1 heterocycles. The summed E-state index contributed by atoms with van der Waals surface area (Å²) in [5.74, 6) is -0.824. The molecule has 0 bridgehead atoms. The zero-order valence-corrected chi connectivity index (χ0v) is 13.5. The second kappa shape index (κ2) is 7.13. The van der Waals surface area contributed by atoms with Crippen LogP contribution in [0.2, 0.25) is 4.34 Å². The first-order valence-corrected chi connectivity index (χ1v) is 8.41. The molecule has 0 aromatic carbocycles. The fraction of sp³-hybridized carbons (Fsp3) is 0.500. The minimum Gasteiger partial charge on any atom is -0.370 e. The van der Waals surface area contributed by atoms with E-state index in [1.54, 1.807) is 0 Å². The Kier molecular flexibility index (Phi) is 6.21. The fourth-order valence-corrected chi connectivity index (χ4v) is 3.69. The number of ether oxygens (including phenoxy) is 1. The van der Waals surface area contributed by atoms with Crippen LogP contribution in [0.15, 0.2) is 10.3 Å². The third-order valence-electron chi connectivity index (χ3n) is 2.18. The van der Waals surface area contributed by atoms with Crippen LogP contribution in [0.25, 0.3) is 0 Å². The van der Waals surface area contributed by atoms with Crippen LogP contribution < -0.4 is 10.5 Å². The number of hydrogen-bond acceptors (Lipinski definition) is 5. The predicted molar refractivity (Wildman–Crippen MR) is 74.5 cm³/mol. The topological polar surface area (TPSA) is 98.5 Å². The number of nitrogens with two attached hydrogens (primary N) is 1. The third kappa shape index (κ3) is 6.08. The van der Waals surface area contributed by atoms with Crippen LogP contribution in [0.1, 0.15) is 17.3 Å². The molecule has 0 unspecified atom stereocenters. The lowest BCUT2D eigenvalue weighted by Crippen LogP contribution is -2.37. The number of rotatable bonds is 6. The molecule has 12 heteroatoms. The van der Waals surface area contributed by atoms with Crippen LogP contribution in [0, 0.1) is 0 Å². The number of hydrogen-bond donors (Lipinski definition) is 2. The van der Waals surface area contributed by atoms with E-state index in [-0.39, 0.29) is 9.90 Å². The maximum Gasteiger partial charge on any atom is 0.411 e. The van der Waals surface area contributed by atoms with E-state index in [9.17, 15) is 26.4 Å². The van der Waals surface area contributed by atoms with Crippen molar-refractivity contribution in [2.75, 3.05) is 13.2 Å². The second-order valence-corrected chi connectivity index (χ2v) is 7.74. The number of carbonyl (C=O) groups is 1. The number of alkyl halides is 3. The van der Waals surface area contributed by atoms with Crippen molar-refractivity contribution in [3.63, 3.8) is 0 Å². The number of halogens is 4. The van der Waals surface area contributed by atoms with Gasteiger partial charge >= 0.3 is 6.18 Å². The van der Waals surface area contributed by atoms with Crippen molar-refractivity contribution in [3.05, 3.63) is 16.0 Å². The third-order valence-corrected chi connectivity index (χ3v) is 4.92. The zero-order chi connectivity index (χ0) is 17.1. The monoisotopic (exact) mass is 380 g/mol. The first-order chi connectivity index (χ1) is 9.90. The largest absolute Gasteiger partial charge is 0.411 e. The van der Waals surface area contributed by atoms with Crippen LogP contribution in [-0.4, -0.2) is 39.8 Å². The van der Waals surface area contributed by atoms with Gasteiger partial charge in [-0.15, -0.1) is 11.3 Å². The van der Waals surface area contributed by atoms with Crippen LogP contribution in [0.4, 0.5) is 13.2 Å². The summed E-state index contributed by atoms with van der Waals surface area (Å²) >= 11 is 6.26. The van der Waals surface area contributed by atoms with E-state index in [0.29, 0.717) is 11.3 Å². The minimum absolute atomic E-state index is 0.0372. The van der Waals surface area contributed by atoms with Gasteiger partial charge in [0.15, 0.2) is 0 Å². The number of amides is 1. The molecule has 0 spiro atoms. The highest BCUT2D eigenvalue weighted by Crippen LogP contribution is 2.29. The van der Waals surface area contributed by atoms with Crippen molar-refractivity contribution < 1.29 is 31.1 Å². The van der Waals surface area contributed by atoms with Crippen molar-refractivity contribution >= 4 is 38.9 Å². The highest BCUT2D eigenvalue weighted by Gasteiger charge is 2.28. The van der Waals surface area contributed by atoms with E-state index in [0.717, 1.165) is 6.07 Å². The number of carbonyl (C=O) groups excluding carboxylic acids is 1. The Morgan fingerprint density at radius 3 is 2.64 bits per heavy atom. The van der Waals surface area contributed by atoms with Gasteiger partial charge in [-0.05, 0) is 13.0 Å². The first-order valence-electron chi connectivity index (χ1n) is 5.67. The smallest absolute Gasteiger partial charge is 0.370 e. The highest BCUT2D eigenvalue weighted by atomic mass is 35.5. The van der Waals surface area contributed by atoms with Crippen molar-refractivity contribution in [2.45, 2.75) is 23.4 Å². The van der Waals surface area contributed by atoms with Crippen LogP contribution in [-0.2, 0) is 14.8 Å². The van der Waals surface area contributed by atoms with Gasteiger partial charge < -0.3 is 10.1 Å². The van der Waals surface area contributed by atoms with E-state index in [1.807, 2.05) is 0 Å². The molecule has 1 rings (SSSR count). The molecule has 0 aliphatic carbocycles. The highest BCUT2D eigenvalue weighted by molar-refractivity contribution is 7.91. The van der Waals surface area contributed by atoms with E-state index in [4.69, 9.17) is 16.7 Å². The summed E-state index contributed by atoms with van der Waals surface area (Å²) in [5.41, 5.74) is -0.264. The number of thiophene rings is 1. The summed E-state index contributed by atoms with van der Waals surface area (Å²) in [7, 11) is -4.14. The molecule has 126 valence electrons. The fourth-order valence-electron chi connectivity index (χ4n) is 1.41. The Bertz CT molecular complexity index is 645. The molecule has 0 aliphatic heterocycles. The molecule has 1 aromatic rings. The number of primary sulfonamides is 1. The van der Waals surface area contributed by atoms with Gasteiger partial charge in [-0.3, -0.25) is 4.79 Å². The van der Waals surface area contributed by atoms with Gasteiger partial charge in [0.2, 0.25) is 10.0 Å². The van der Waals surface area contributed by atoms with Gasteiger partial charge in [0.05, 0.1) is 16.5 Å². The summed E-state index contributed by atoms with van der Waals surface area (Å²) < 4.78 is 62.4. The van der Waals surface area contributed by atoms with Crippen molar-refractivity contribution in [3.8, 4) is 0 Å². The van der Waals surface area contributed by atoms with Crippen LogP contribution in [0.3, 0.4) is 0 Å². The Balaban J connectivity index is 2.70. The normalized spacial score (nSPS) is 13.9. The lowest BCUT2D eigenvalue weighted by molar-refractivity contribution is -0.174. The average molecular weight is 381 g/mol. The lowest BCUT2D eigenvalue weighted by Gasteiger charge is -2.15. The standard InChI is InChI=1S/C10H12ClF3N2O4S2/c1-5(3-20-4-10(12,13)14)16-8(17)6-2-7(11)21-9(6)22(15,18)19/h2,5H,3-4H2,1H3,(H,16,17)(H2,15,18,19)/t5-/m1/s1. The first kappa shape index (κ1) is 19.2. The molecule has 1 atom stereocenters. The van der Waals surface area contributed by atoms with Gasteiger partial charge in [-0.2, -0.15) is 13.2 Å². The molecule has 1 amide bonds. The van der Waals surface area contributed by atoms with E-state index < -0.39 is 45.6 Å². The molecule has 0 saturated heterocycles. The van der Waals surface area contributed by atoms with Crippen LogP contribution in [0.5, 0.6) is 0 Å². The van der Waals surface area contributed by atoms with E-state index in [2.05, 4.69) is 10.1 Å². The lowest BCUT2D eigenvalue weighted by atomic mass is 10.3. The molecule has 22 heavy (non-hydrogen) atoms. The average Bonchev–Trinajstić information content (AvgIpc) is 2.69. The van der Waals surface area contributed by atoms with Crippen LogP contribution >= 0.6 is 22.9 Å². The summed E-state index contributed by atoms with van der Waals surface area (Å²) in [6, 6.07) is 0.340. The van der Waals surface area contributed by atoms with E-state index in [1.165, 1.54) is 6.92 Å². The quantitative estimate of drug-likeness (QED) is 0.785. The summed E-state index contributed by atoms with van der Waals surface area (Å²) in [4.78, 5) is 11.9. The van der Waals surface area contributed by atoms with Crippen molar-refractivity contribution in [1.82, 2.24) is 5.32 Å². The summed E-state index contributed by atoms with van der Waals surface area (Å²) in [6.07, 6.45) is -4.47. The van der Waals surface area contributed by atoms with Gasteiger partial charge in [0.1, 0.15) is 10.8 Å². The molecule has 1 aromatic heterocycles. The Morgan fingerprint density at radius 2 is 2.14 bits per heavy atom. The summed E-state index contributed by atoms with van der Waals surface area (Å²) in [5, 5.41) is 7.27.